The van der Waals surface area contributed by atoms with Gasteiger partial charge in [-0.15, -0.1) is 11.8 Å². The number of thioether (sulfide) groups is 1. The molecule has 0 radical (unpaired) electrons. The fourth-order valence-corrected chi connectivity index (χ4v) is 4.05. The van der Waals surface area contributed by atoms with Crippen LogP contribution in [0.4, 0.5) is 4.79 Å². The predicted molar refractivity (Wildman–Crippen MR) is 93.7 cm³/mol. The first-order chi connectivity index (χ1) is 11.6. The Morgan fingerprint density at radius 1 is 1.12 bits per heavy atom. The Morgan fingerprint density at radius 2 is 1.88 bits per heavy atom. The van der Waals surface area contributed by atoms with E-state index in [2.05, 4.69) is 5.32 Å². The predicted octanol–water partition coefficient (Wildman–Crippen LogP) is 3.30. The summed E-state index contributed by atoms with van der Waals surface area (Å²) in [4.78, 5) is 28.0. The number of rotatable bonds is 3. The standard InChI is InChI=1S/C19H18N2O2S/c1-24-15-8-6-13(7-9-15)12-21-17(22)19(20-18(21)23)11-10-14-4-2-3-5-16(14)19/h2-9H,10-12H2,1H3,(H,20,23)/t19-/m1/s1. The molecule has 4 rings (SSSR count). The number of nitrogens with one attached hydrogen (secondary N) is 1. The molecule has 5 heteroatoms. The lowest BCUT2D eigenvalue weighted by Crippen LogP contribution is -2.41. The summed E-state index contributed by atoms with van der Waals surface area (Å²) >= 11 is 1.67. The van der Waals surface area contributed by atoms with Crippen LogP contribution in [0.25, 0.3) is 0 Å². The fraction of sp³-hybridized carbons (Fsp3) is 0.263. The van der Waals surface area contributed by atoms with E-state index in [0.29, 0.717) is 13.0 Å². The van der Waals surface area contributed by atoms with E-state index in [9.17, 15) is 9.59 Å². The molecule has 24 heavy (non-hydrogen) atoms. The van der Waals surface area contributed by atoms with Gasteiger partial charge in [-0.1, -0.05) is 36.4 Å². The Morgan fingerprint density at radius 3 is 2.62 bits per heavy atom. The lowest BCUT2D eigenvalue weighted by atomic mass is 9.92. The van der Waals surface area contributed by atoms with E-state index in [-0.39, 0.29) is 11.9 Å². The molecule has 0 aromatic heterocycles. The van der Waals surface area contributed by atoms with E-state index >= 15 is 0 Å². The molecule has 1 aliphatic carbocycles. The summed E-state index contributed by atoms with van der Waals surface area (Å²) in [7, 11) is 0. The molecule has 2 aliphatic rings. The lowest BCUT2D eigenvalue weighted by Gasteiger charge is -2.22. The number of hydrogen-bond acceptors (Lipinski definition) is 3. The maximum atomic E-state index is 13.1. The van der Waals surface area contributed by atoms with Crippen molar-refractivity contribution in [2.24, 2.45) is 0 Å². The highest BCUT2D eigenvalue weighted by atomic mass is 32.2. The van der Waals surface area contributed by atoms with Gasteiger partial charge in [0.05, 0.1) is 6.54 Å². The summed E-state index contributed by atoms with van der Waals surface area (Å²) in [5.41, 5.74) is 2.19. The van der Waals surface area contributed by atoms with Crippen LogP contribution in [0.15, 0.2) is 53.4 Å². The number of nitrogens with zero attached hydrogens (tertiary/aromatic N) is 1. The summed E-state index contributed by atoms with van der Waals surface area (Å²) < 4.78 is 0. The van der Waals surface area contributed by atoms with Crippen LogP contribution in [0, 0.1) is 0 Å². The van der Waals surface area contributed by atoms with Crippen molar-refractivity contribution in [1.82, 2.24) is 10.2 Å². The summed E-state index contributed by atoms with van der Waals surface area (Å²) in [6.07, 6.45) is 3.48. The summed E-state index contributed by atoms with van der Waals surface area (Å²) in [6.45, 7) is 0.309. The first-order valence-corrected chi connectivity index (χ1v) is 9.22. The van der Waals surface area contributed by atoms with Crippen LogP contribution >= 0.6 is 11.8 Å². The van der Waals surface area contributed by atoms with Gasteiger partial charge in [-0.3, -0.25) is 9.69 Å². The highest BCUT2D eigenvalue weighted by molar-refractivity contribution is 7.98. The number of aryl methyl sites for hydroxylation is 1. The van der Waals surface area contributed by atoms with Gasteiger partial charge in [-0.2, -0.15) is 0 Å². The van der Waals surface area contributed by atoms with E-state index in [1.54, 1.807) is 11.8 Å². The zero-order valence-electron chi connectivity index (χ0n) is 13.4. The molecule has 1 aliphatic heterocycles. The first kappa shape index (κ1) is 15.3. The van der Waals surface area contributed by atoms with Crippen LogP contribution in [0.5, 0.6) is 0 Å². The van der Waals surface area contributed by atoms with Gasteiger partial charge in [0.15, 0.2) is 0 Å². The van der Waals surface area contributed by atoms with Gasteiger partial charge in [0.1, 0.15) is 5.54 Å². The van der Waals surface area contributed by atoms with Crippen molar-refractivity contribution in [2.75, 3.05) is 6.26 Å². The molecule has 0 unspecified atom stereocenters. The molecular weight excluding hydrogens is 320 g/mol. The molecule has 1 spiro atoms. The number of carbonyl (C=O) groups excluding carboxylic acids is 2. The van der Waals surface area contributed by atoms with Crippen LogP contribution in [0.1, 0.15) is 23.1 Å². The second-order valence-corrected chi connectivity index (χ2v) is 7.11. The average molecular weight is 338 g/mol. The molecule has 0 bridgehead atoms. The average Bonchev–Trinajstić information content (AvgIpc) is 3.10. The number of benzene rings is 2. The lowest BCUT2D eigenvalue weighted by molar-refractivity contribution is -0.132. The minimum absolute atomic E-state index is 0.133. The Bertz CT molecular complexity index is 818. The van der Waals surface area contributed by atoms with Crippen LogP contribution in [0.3, 0.4) is 0 Å². The molecule has 2 aromatic rings. The van der Waals surface area contributed by atoms with Crippen LogP contribution in [-0.4, -0.2) is 23.1 Å². The second kappa shape index (κ2) is 5.67. The Balaban J connectivity index is 1.63. The van der Waals surface area contributed by atoms with E-state index in [1.807, 2.05) is 54.8 Å². The van der Waals surface area contributed by atoms with Crippen molar-refractivity contribution in [3.8, 4) is 0 Å². The van der Waals surface area contributed by atoms with E-state index < -0.39 is 5.54 Å². The van der Waals surface area contributed by atoms with E-state index in [1.165, 1.54) is 4.90 Å². The highest BCUT2D eigenvalue weighted by Crippen LogP contribution is 2.41. The number of carbonyl (C=O) groups is 2. The van der Waals surface area contributed by atoms with Crippen molar-refractivity contribution < 1.29 is 9.59 Å². The van der Waals surface area contributed by atoms with Gasteiger partial charge >= 0.3 is 6.03 Å². The second-order valence-electron chi connectivity index (χ2n) is 6.23. The molecule has 3 amide bonds. The number of urea groups is 1. The minimum atomic E-state index is -0.868. The molecule has 1 N–H and O–H groups in total. The molecule has 1 saturated heterocycles. The van der Waals surface area contributed by atoms with Gasteiger partial charge in [-0.25, -0.2) is 4.79 Å². The SMILES string of the molecule is CSc1ccc(CN2C(=O)N[C@@]3(CCc4ccccc43)C2=O)cc1. The molecule has 0 saturated carbocycles. The Labute approximate surface area is 145 Å². The van der Waals surface area contributed by atoms with Gasteiger partial charge in [-0.05, 0) is 47.9 Å². The Hall–Kier alpha value is -2.27. The molecular formula is C19H18N2O2S. The van der Waals surface area contributed by atoms with Crippen LogP contribution in [-0.2, 0) is 23.3 Å². The number of amides is 3. The van der Waals surface area contributed by atoms with E-state index in [4.69, 9.17) is 0 Å². The van der Waals surface area contributed by atoms with Gasteiger partial charge in [0.25, 0.3) is 5.91 Å². The van der Waals surface area contributed by atoms with Crippen molar-refractivity contribution in [3.05, 3.63) is 65.2 Å². The zero-order chi connectivity index (χ0) is 16.7. The van der Waals surface area contributed by atoms with Crippen LogP contribution in [0.2, 0.25) is 0 Å². The fourth-order valence-electron chi connectivity index (χ4n) is 3.65. The van der Waals surface area contributed by atoms with Gasteiger partial charge in [0, 0.05) is 4.90 Å². The summed E-state index contributed by atoms with van der Waals surface area (Å²) in [5.74, 6) is -0.133. The largest absolute Gasteiger partial charge is 0.325 e. The summed E-state index contributed by atoms with van der Waals surface area (Å²) in [5, 5.41) is 2.96. The van der Waals surface area contributed by atoms with Crippen molar-refractivity contribution in [2.45, 2.75) is 29.8 Å². The van der Waals surface area contributed by atoms with Crippen molar-refractivity contribution >= 4 is 23.7 Å². The molecule has 2 aromatic carbocycles. The molecule has 1 fully saturated rings. The smallest absolute Gasteiger partial charge is 0.319 e. The first-order valence-electron chi connectivity index (χ1n) is 7.99. The third-order valence-electron chi connectivity index (χ3n) is 4.92. The topological polar surface area (TPSA) is 49.4 Å². The third-order valence-corrected chi connectivity index (χ3v) is 5.67. The monoisotopic (exact) mass is 338 g/mol. The molecule has 1 atom stereocenters. The van der Waals surface area contributed by atoms with Crippen molar-refractivity contribution in [3.63, 3.8) is 0 Å². The maximum absolute atomic E-state index is 13.1. The van der Waals surface area contributed by atoms with Crippen molar-refractivity contribution in [1.29, 1.82) is 0 Å². The highest BCUT2D eigenvalue weighted by Gasteiger charge is 2.55. The normalized spacial score (nSPS) is 22.1. The number of imide groups is 1. The third kappa shape index (κ3) is 2.23. The Kier molecular flexibility index (Phi) is 3.61. The van der Waals surface area contributed by atoms with E-state index in [0.717, 1.165) is 28.0 Å². The van der Waals surface area contributed by atoms with Gasteiger partial charge < -0.3 is 5.32 Å². The summed E-state index contributed by atoms with van der Waals surface area (Å²) in [6, 6.07) is 15.6. The quantitative estimate of drug-likeness (QED) is 0.690. The molecule has 1 heterocycles. The number of hydrogen-bond donors (Lipinski definition) is 1. The molecule has 122 valence electrons. The minimum Gasteiger partial charge on any atom is -0.319 e. The van der Waals surface area contributed by atoms with Gasteiger partial charge in [0.2, 0.25) is 0 Å². The maximum Gasteiger partial charge on any atom is 0.325 e. The number of fused-ring (bicyclic) bond motifs is 2. The molecule has 4 nitrogen and oxygen atoms in total. The van der Waals surface area contributed by atoms with Crippen LogP contribution < -0.4 is 5.32 Å². The zero-order valence-corrected chi connectivity index (χ0v) is 14.2.